The summed E-state index contributed by atoms with van der Waals surface area (Å²) in [5, 5.41) is 3.63. The molecule has 1 amide bonds. The maximum Gasteiger partial charge on any atom is 0.244 e. The number of amides is 1. The van der Waals surface area contributed by atoms with Crippen molar-refractivity contribution in [3.8, 4) is 0 Å². The van der Waals surface area contributed by atoms with Gasteiger partial charge in [-0.2, -0.15) is 0 Å². The van der Waals surface area contributed by atoms with Crippen molar-refractivity contribution in [3.63, 3.8) is 0 Å². The first-order valence-electron chi connectivity index (χ1n) is 7.65. The Labute approximate surface area is 125 Å². The van der Waals surface area contributed by atoms with Gasteiger partial charge in [-0.3, -0.25) is 10.1 Å². The van der Waals surface area contributed by atoms with E-state index in [1.807, 2.05) is 0 Å². The van der Waals surface area contributed by atoms with Gasteiger partial charge in [-0.15, -0.1) is 11.3 Å². The second kappa shape index (κ2) is 4.85. The zero-order valence-electron chi connectivity index (χ0n) is 12.8. The summed E-state index contributed by atoms with van der Waals surface area (Å²) in [7, 11) is 0. The van der Waals surface area contributed by atoms with E-state index >= 15 is 0 Å². The van der Waals surface area contributed by atoms with Crippen molar-refractivity contribution in [2.75, 3.05) is 0 Å². The van der Waals surface area contributed by atoms with E-state index in [1.54, 1.807) is 11.3 Å². The fourth-order valence-corrected chi connectivity index (χ4v) is 4.31. The molecule has 2 unspecified atom stereocenters. The standard InChI is InChI=1S/C16H24N2OS/c1-5-12(10(2)3)18-14(13-7-6-11(4)20-13)17-16(8-9-16)15(18)19/h6-7,10,12,14,17H,5,8-9H2,1-4H3. The Morgan fingerprint density at radius 1 is 1.45 bits per heavy atom. The van der Waals surface area contributed by atoms with Gasteiger partial charge >= 0.3 is 0 Å². The van der Waals surface area contributed by atoms with Crippen LogP contribution in [0.3, 0.4) is 0 Å². The van der Waals surface area contributed by atoms with Crippen molar-refractivity contribution >= 4 is 17.2 Å². The molecule has 1 aromatic heterocycles. The molecule has 1 aliphatic carbocycles. The number of nitrogens with one attached hydrogen (secondary N) is 1. The lowest BCUT2D eigenvalue weighted by atomic mass is 9.99. The highest BCUT2D eigenvalue weighted by Gasteiger charge is 2.60. The number of nitrogens with zero attached hydrogens (tertiary/aromatic N) is 1. The smallest absolute Gasteiger partial charge is 0.244 e. The highest BCUT2D eigenvalue weighted by molar-refractivity contribution is 7.12. The molecule has 3 nitrogen and oxygen atoms in total. The van der Waals surface area contributed by atoms with Crippen LogP contribution in [-0.2, 0) is 4.79 Å². The highest BCUT2D eigenvalue weighted by atomic mass is 32.1. The van der Waals surface area contributed by atoms with Gasteiger partial charge in [-0.1, -0.05) is 20.8 Å². The second-order valence-corrected chi connectivity index (χ2v) is 7.83. The van der Waals surface area contributed by atoms with Gasteiger partial charge in [0.05, 0.1) is 0 Å². The largest absolute Gasteiger partial charge is 0.317 e. The number of carbonyl (C=O) groups is 1. The van der Waals surface area contributed by atoms with Gasteiger partial charge in [-0.25, -0.2) is 0 Å². The normalized spacial score (nSPS) is 25.8. The van der Waals surface area contributed by atoms with Crippen LogP contribution < -0.4 is 5.32 Å². The fourth-order valence-electron chi connectivity index (χ4n) is 3.38. The van der Waals surface area contributed by atoms with Crippen LogP contribution in [0.4, 0.5) is 0 Å². The van der Waals surface area contributed by atoms with Gasteiger partial charge in [0, 0.05) is 15.8 Å². The maximum absolute atomic E-state index is 12.9. The summed E-state index contributed by atoms with van der Waals surface area (Å²) in [5.74, 6) is 0.817. The Kier molecular flexibility index (Phi) is 3.41. The molecule has 2 heterocycles. The number of thiophene rings is 1. The molecule has 20 heavy (non-hydrogen) atoms. The second-order valence-electron chi connectivity index (χ2n) is 6.51. The van der Waals surface area contributed by atoms with Gasteiger partial charge in [0.15, 0.2) is 0 Å². The lowest BCUT2D eigenvalue weighted by Gasteiger charge is -2.34. The average molecular weight is 292 g/mol. The summed E-state index contributed by atoms with van der Waals surface area (Å²) in [4.78, 5) is 17.6. The molecule has 4 heteroatoms. The minimum Gasteiger partial charge on any atom is -0.317 e. The van der Waals surface area contributed by atoms with Crippen LogP contribution >= 0.6 is 11.3 Å². The summed E-state index contributed by atoms with van der Waals surface area (Å²) in [6.07, 6.45) is 3.09. The average Bonchev–Trinajstić information content (AvgIpc) is 2.98. The zero-order valence-corrected chi connectivity index (χ0v) is 13.6. The minimum atomic E-state index is -0.231. The van der Waals surface area contributed by atoms with Crippen molar-refractivity contribution in [2.24, 2.45) is 5.92 Å². The third-order valence-corrected chi connectivity index (χ3v) is 5.71. The predicted octanol–water partition coefficient (Wildman–Crippen LogP) is 3.45. The third-order valence-electron chi connectivity index (χ3n) is 4.66. The molecular weight excluding hydrogens is 268 g/mol. The number of aryl methyl sites for hydroxylation is 1. The number of hydrogen-bond acceptors (Lipinski definition) is 3. The summed E-state index contributed by atoms with van der Waals surface area (Å²) in [6.45, 7) is 8.75. The fraction of sp³-hybridized carbons (Fsp3) is 0.688. The molecule has 2 atom stereocenters. The van der Waals surface area contributed by atoms with E-state index in [9.17, 15) is 4.79 Å². The topological polar surface area (TPSA) is 32.3 Å². The Hall–Kier alpha value is -0.870. The maximum atomic E-state index is 12.9. The van der Waals surface area contributed by atoms with Gasteiger partial charge in [0.2, 0.25) is 5.91 Å². The molecule has 2 fully saturated rings. The number of hydrogen-bond donors (Lipinski definition) is 1. The summed E-state index contributed by atoms with van der Waals surface area (Å²) < 4.78 is 0. The molecule has 110 valence electrons. The van der Waals surface area contributed by atoms with Crippen molar-refractivity contribution in [3.05, 3.63) is 21.9 Å². The highest BCUT2D eigenvalue weighted by Crippen LogP contribution is 2.48. The van der Waals surface area contributed by atoms with E-state index in [2.05, 4.69) is 50.0 Å². The van der Waals surface area contributed by atoms with E-state index in [0.717, 1.165) is 19.3 Å². The summed E-state index contributed by atoms with van der Waals surface area (Å²) in [5.41, 5.74) is -0.231. The molecule has 0 bridgehead atoms. The lowest BCUT2D eigenvalue weighted by molar-refractivity contribution is -0.134. The minimum absolute atomic E-state index is 0.0797. The number of rotatable bonds is 4. The molecule has 3 rings (SSSR count). The van der Waals surface area contributed by atoms with Crippen LogP contribution in [0.5, 0.6) is 0 Å². The quantitative estimate of drug-likeness (QED) is 0.922. The van der Waals surface area contributed by atoms with Crippen LogP contribution in [0.15, 0.2) is 12.1 Å². The van der Waals surface area contributed by atoms with E-state index in [4.69, 9.17) is 0 Å². The number of carbonyl (C=O) groups excluding carboxylic acids is 1. The van der Waals surface area contributed by atoms with Crippen molar-refractivity contribution in [1.82, 2.24) is 10.2 Å². The van der Waals surface area contributed by atoms with Gasteiger partial charge in [0.25, 0.3) is 0 Å². The van der Waals surface area contributed by atoms with Gasteiger partial charge in [-0.05, 0) is 44.2 Å². The lowest BCUT2D eigenvalue weighted by Crippen LogP contribution is -2.43. The van der Waals surface area contributed by atoms with Crippen LogP contribution in [0, 0.1) is 12.8 Å². The van der Waals surface area contributed by atoms with Crippen LogP contribution in [-0.4, -0.2) is 22.4 Å². The van der Waals surface area contributed by atoms with Gasteiger partial charge < -0.3 is 4.90 Å². The first-order chi connectivity index (χ1) is 9.48. The van der Waals surface area contributed by atoms with Crippen molar-refractivity contribution < 1.29 is 4.79 Å². The molecule has 1 saturated carbocycles. The molecular formula is C16H24N2OS. The van der Waals surface area contributed by atoms with E-state index in [1.165, 1.54) is 9.75 Å². The predicted molar refractivity (Wildman–Crippen MR) is 82.7 cm³/mol. The molecule has 0 aromatic carbocycles. The summed E-state index contributed by atoms with van der Waals surface area (Å²) in [6, 6.07) is 4.65. The van der Waals surface area contributed by atoms with Crippen molar-refractivity contribution in [2.45, 2.75) is 64.7 Å². The molecule has 1 aliphatic heterocycles. The van der Waals surface area contributed by atoms with E-state index in [-0.39, 0.29) is 11.7 Å². The molecule has 0 radical (unpaired) electrons. The van der Waals surface area contributed by atoms with Crippen LogP contribution in [0.25, 0.3) is 0 Å². The summed E-state index contributed by atoms with van der Waals surface area (Å²) >= 11 is 1.80. The molecule has 1 N–H and O–H groups in total. The zero-order chi connectivity index (χ0) is 14.5. The Morgan fingerprint density at radius 2 is 2.15 bits per heavy atom. The van der Waals surface area contributed by atoms with E-state index in [0.29, 0.717) is 17.9 Å². The first kappa shape index (κ1) is 14.1. The van der Waals surface area contributed by atoms with E-state index < -0.39 is 0 Å². The van der Waals surface area contributed by atoms with Crippen molar-refractivity contribution in [1.29, 1.82) is 0 Å². The Balaban J connectivity index is 1.96. The molecule has 1 aromatic rings. The van der Waals surface area contributed by atoms with Gasteiger partial charge in [0.1, 0.15) is 11.7 Å². The SMILES string of the molecule is CCC(C(C)C)N1C(=O)C2(CC2)NC1c1ccc(C)s1. The Bertz CT molecular complexity index is 518. The first-order valence-corrected chi connectivity index (χ1v) is 8.47. The van der Waals surface area contributed by atoms with Crippen LogP contribution in [0.2, 0.25) is 0 Å². The Morgan fingerprint density at radius 3 is 2.60 bits per heavy atom. The monoisotopic (exact) mass is 292 g/mol. The van der Waals surface area contributed by atoms with Crippen LogP contribution in [0.1, 0.15) is 56.0 Å². The molecule has 2 aliphatic rings. The molecule has 1 saturated heterocycles. The molecule has 1 spiro atoms. The third kappa shape index (κ3) is 2.09.